The smallest absolute Gasteiger partial charge is 0.322 e. The number of carbonyl (C=O) groups is 1. The lowest BCUT2D eigenvalue weighted by molar-refractivity contribution is -0.385. The lowest BCUT2D eigenvalue weighted by Gasteiger charge is -2.10. The second-order valence-electron chi connectivity index (χ2n) is 3.78. The van der Waals surface area contributed by atoms with E-state index in [4.69, 9.17) is 10.5 Å². The second kappa shape index (κ2) is 6.70. The Labute approximate surface area is 105 Å². The van der Waals surface area contributed by atoms with Gasteiger partial charge in [-0.1, -0.05) is 18.2 Å². The molecular weight excluding hydrogens is 236 g/mol. The molecule has 0 saturated heterocycles. The normalized spacial score (nSPS) is 11.9. The Bertz CT molecular complexity index is 434. The minimum absolute atomic E-state index is 0.0496. The zero-order chi connectivity index (χ0) is 13.5. The number of aryl methyl sites for hydroxylation is 1. The maximum atomic E-state index is 11.3. The average molecular weight is 252 g/mol. The van der Waals surface area contributed by atoms with Crippen LogP contribution in [0.5, 0.6) is 0 Å². The van der Waals surface area contributed by atoms with E-state index < -0.39 is 16.9 Å². The van der Waals surface area contributed by atoms with E-state index in [1.54, 1.807) is 25.1 Å². The molecule has 0 radical (unpaired) electrons. The molecule has 0 heterocycles. The Kier molecular flexibility index (Phi) is 5.26. The molecule has 0 bridgehead atoms. The second-order valence-corrected chi connectivity index (χ2v) is 3.78. The number of hydrogen-bond acceptors (Lipinski definition) is 5. The average Bonchev–Trinajstić information content (AvgIpc) is 2.36. The summed E-state index contributed by atoms with van der Waals surface area (Å²) >= 11 is 0. The minimum atomic E-state index is -0.746. The zero-order valence-electron chi connectivity index (χ0n) is 10.2. The van der Waals surface area contributed by atoms with Crippen LogP contribution in [0.25, 0.3) is 0 Å². The fraction of sp³-hybridized carbons (Fsp3) is 0.417. The van der Waals surface area contributed by atoms with Gasteiger partial charge in [-0.25, -0.2) is 0 Å². The Morgan fingerprint density at radius 1 is 1.50 bits per heavy atom. The molecule has 0 saturated carbocycles. The van der Waals surface area contributed by atoms with Gasteiger partial charge in [0.25, 0.3) is 5.69 Å². The summed E-state index contributed by atoms with van der Waals surface area (Å²) in [6, 6.07) is 5.68. The number of nitrogens with two attached hydrogens (primary N) is 1. The number of esters is 1. The summed E-state index contributed by atoms with van der Waals surface area (Å²) in [4.78, 5) is 21.6. The molecule has 0 amide bonds. The molecule has 98 valence electrons. The first-order valence-corrected chi connectivity index (χ1v) is 5.70. The Balaban J connectivity index is 2.63. The van der Waals surface area contributed by atoms with Gasteiger partial charge in [0.2, 0.25) is 0 Å². The standard InChI is InChI=1S/C12H16N2O4/c1-2-18-12(15)10(13)8-7-9-5-3-4-6-11(9)14(16)17/h3-6,10H,2,7-8,13H2,1H3/t10-/m0/s1. The molecule has 6 nitrogen and oxygen atoms in total. The van der Waals surface area contributed by atoms with Gasteiger partial charge in [-0.3, -0.25) is 14.9 Å². The number of nitrogens with zero attached hydrogens (tertiary/aromatic N) is 1. The van der Waals surface area contributed by atoms with E-state index in [1.165, 1.54) is 6.07 Å². The van der Waals surface area contributed by atoms with E-state index in [-0.39, 0.29) is 12.3 Å². The molecule has 1 aromatic rings. The lowest BCUT2D eigenvalue weighted by Crippen LogP contribution is -2.32. The van der Waals surface area contributed by atoms with Crippen LogP contribution in [0, 0.1) is 10.1 Å². The number of nitro groups is 1. The van der Waals surface area contributed by atoms with E-state index in [0.717, 1.165) is 0 Å². The molecule has 0 spiro atoms. The molecule has 0 aromatic heterocycles. The van der Waals surface area contributed by atoms with Gasteiger partial charge < -0.3 is 10.5 Å². The number of nitro benzene ring substituents is 1. The van der Waals surface area contributed by atoms with E-state index in [0.29, 0.717) is 18.4 Å². The Morgan fingerprint density at radius 2 is 2.17 bits per heavy atom. The van der Waals surface area contributed by atoms with Crippen LogP contribution in [0.1, 0.15) is 18.9 Å². The van der Waals surface area contributed by atoms with Gasteiger partial charge in [0.15, 0.2) is 0 Å². The van der Waals surface area contributed by atoms with Crippen molar-refractivity contribution >= 4 is 11.7 Å². The van der Waals surface area contributed by atoms with E-state index in [1.807, 2.05) is 0 Å². The topological polar surface area (TPSA) is 95.5 Å². The van der Waals surface area contributed by atoms with Gasteiger partial charge in [-0.15, -0.1) is 0 Å². The predicted octanol–water partition coefficient (Wildman–Crippen LogP) is 1.42. The Hall–Kier alpha value is -1.95. The van der Waals surface area contributed by atoms with Crippen LogP contribution in [-0.4, -0.2) is 23.5 Å². The van der Waals surface area contributed by atoms with E-state index in [9.17, 15) is 14.9 Å². The van der Waals surface area contributed by atoms with E-state index >= 15 is 0 Å². The third-order valence-corrected chi connectivity index (χ3v) is 2.50. The van der Waals surface area contributed by atoms with Crippen molar-refractivity contribution in [2.45, 2.75) is 25.8 Å². The highest BCUT2D eigenvalue weighted by molar-refractivity contribution is 5.75. The molecule has 0 aliphatic rings. The summed E-state index contributed by atoms with van der Waals surface area (Å²) in [5.74, 6) is -0.476. The first-order valence-electron chi connectivity index (χ1n) is 5.70. The molecule has 1 aromatic carbocycles. The van der Waals surface area contributed by atoms with Crippen molar-refractivity contribution in [2.75, 3.05) is 6.61 Å². The van der Waals surface area contributed by atoms with Crippen LogP contribution in [0.3, 0.4) is 0 Å². The van der Waals surface area contributed by atoms with Crippen molar-refractivity contribution < 1.29 is 14.5 Å². The van der Waals surface area contributed by atoms with Crippen LogP contribution in [0.2, 0.25) is 0 Å². The molecule has 0 unspecified atom stereocenters. The fourth-order valence-electron chi connectivity index (χ4n) is 1.58. The summed E-state index contributed by atoms with van der Waals surface area (Å²) < 4.78 is 4.77. The molecule has 0 aliphatic heterocycles. The van der Waals surface area contributed by atoms with Crippen LogP contribution >= 0.6 is 0 Å². The summed E-state index contributed by atoms with van der Waals surface area (Å²) in [5.41, 5.74) is 6.25. The first-order chi connectivity index (χ1) is 8.56. The van der Waals surface area contributed by atoms with Gasteiger partial charge in [-0.05, 0) is 19.8 Å². The largest absolute Gasteiger partial charge is 0.465 e. The van der Waals surface area contributed by atoms with Gasteiger partial charge in [0.1, 0.15) is 6.04 Å². The number of benzene rings is 1. The number of hydrogen-bond donors (Lipinski definition) is 1. The van der Waals surface area contributed by atoms with Crippen LogP contribution in [-0.2, 0) is 16.0 Å². The third-order valence-electron chi connectivity index (χ3n) is 2.50. The highest BCUT2D eigenvalue weighted by Crippen LogP contribution is 2.19. The maximum Gasteiger partial charge on any atom is 0.322 e. The summed E-state index contributed by atoms with van der Waals surface area (Å²) in [6.07, 6.45) is 0.695. The van der Waals surface area contributed by atoms with Gasteiger partial charge in [-0.2, -0.15) is 0 Å². The summed E-state index contributed by atoms with van der Waals surface area (Å²) in [7, 11) is 0. The van der Waals surface area contributed by atoms with Crippen LogP contribution in [0.4, 0.5) is 5.69 Å². The quantitative estimate of drug-likeness (QED) is 0.469. The number of ether oxygens (including phenoxy) is 1. The van der Waals surface area contributed by atoms with Gasteiger partial charge in [0.05, 0.1) is 11.5 Å². The summed E-state index contributed by atoms with van der Waals surface area (Å²) in [6.45, 7) is 1.98. The fourth-order valence-corrected chi connectivity index (χ4v) is 1.58. The monoisotopic (exact) mass is 252 g/mol. The number of rotatable bonds is 6. The molecule has 1 rings (SSSR count). The van der Waals surface area contributed by atoms with Crippen molar-refractivity contribution in [3.8, 4) is 0 Å². The van der Waals surface area contributed by atoms with E-state index in [2.05, 4.69) is 0 Å². The minimum Gasteiger partial charge on any atom is -0.465 e. The molecule has 1 atom stereocenters. The molecular formula is C12H16N2O4. The molecule has 18 heavy (non-hydrogen) atoms. The SMILES string of the molecule is CCOC(=O)[C@@H](N)CCc1ccccc1[N+](=O)[O-]. The van der Waals surface area contributed by atoms with Crippen molar-refractivity contribution in [2.24, 2.45) is 5.73 Å². The Morgan fingerprint density at radius 3 is 2.78 bits per heavy atom. The van der Waals surface area contributed by atoms with Gasteiger partial charge >= 0.3 is 5.97 Å². The van der Waals surface area contributed by atoms with Crippen molar-refractivity contribution in [3.05, 3.63) is 39.9 Å². The van der Waals surface area contributed by atoms with Crippen molar-refractivity contribution in [3.63, 3.8) is 0 Å². The third kappa shape index (κ3) is 3.81. The number of para-hydroxylation sites is 1. The van der Waals surface area contributed by atoms with Crippen LogP contribution in [0.15, 0.2) is 24.3 Å². The first kappa shape index (κ1) is 14.1. The molecule has 0 fully saturated rings. The van der Waals surface area contributed by atoms with Gasteiger partial charge in [0, 0.05) is 11.6 Å². The van der Waals surface area contributed by atoms with Crippen molar-refractivity contribution in [1.29, 1.82) is 0 Å². The highest BCUT2D eigenvalue weighted by Gasteiger charge is 2.17. The molecule has 2 N–H and O–H groups in total. The number of carbonyl (C=O) groups excluding carboxylic acids is 1. The van der Waals surface area contributed by atoms with Crippen LogP contribution < -0.4 is 5.73 Å². The predicted molar refractivity (Wildman–Crippen MR) is 66.0 cm³/mol. The molecule has 6 heteroatoms. The maximum absolute atomic E-state index is 11.3. The summed E-state index contributed by atoms with van der Waals surface area (Å²) in [5, 5.41) is 10.8. The zero-order valence-corrected chi connectivity index (χ0v) is 10.2. The highest BCUT2D eigenvalue weighted by atomic mass is 16.6. The van der Waals surface area contributed by atoms with Crippen molar-refractivity contribution in [1.82, 2.24) is 0 Å². The lowest BCUT2D eigenvalue weighted by atomic mass is 10.0. The molecule has 0 aliphatic carbocycles.